The highest BCUT2D eigenvalue weighted by Crippen LogP contribution is 2.35. The van der Waals surface area contributed by atoms with E-state index in [1.807, 2.05) is 78.2 Å². The van der Waals surface area contributed by atoms with Crippen LogP contribution in [0.15, 0.2) is 89.9 Å². The largest absolute Gasteiger partial charge is 0.350 e. The number of carbonyl (C=O) groups is 2. The first kappa shape index (κ1) is 19.5. The van der Waals surface area contributed by atoms with Crippen molar-refractivity contribution in [1.82, 2.24) is 4.90 Å². The van der Waals surface area contributed by atoms with Gasteiger partial charge in [0.25, 0.3) is 11.8 Å². The third-order valence-corrected chi connectivity index (χ3v) is 6.53. The van der Waals surface area contributed by atoms with Crippen molar-refractivity contribution in [3.05, 3.63) is 105 Å². The van der Waals surface area contributed by atoms with E-state index in [4.69, 9.17) is 11.6 Å². The van der Waals surface area contributed by atoms with Gasteiger partial charge in [-0.3, -0.25) is 14.5 Å². The fourth-order valence-corrected chi connectivity index (χ4v) is 4.71. The summed E-state index contributed by atoms with van der Waals surface area (Å²) in [6, 6.07) is 24.8. The standard InChI is InChI=1S/C25H17ClN2O2S/c26-19-11-4-2-8-17(19)15-28-24(29)22(21-13-6-14-31-21)23(25(28)30)27-20-12-5-9-16-7-1-3-10-18(16)20/h1-14,27H,15H2. The number of benzene rings is 3. The Labute approximate surface area is 188 Å². The van der Waals surface area contributed by atoms with E-state index in [0.29, 0.717) is 10.6 Å². The van der Waals surface area contributed by atoms with Gasteiger partial charge in [-0.25, -0.2) is 0 Å². The van der Waals surface area contributed by atoms with E-state index < -0.39 is 0 Å². The summed E-state index contributed by atoms with van der Waals surface area (Å²) in [5, 5.41) is 7.72. The number of imide groups is 1. The average Bonchev–Trinajstić information content (AvgIpc) is 3.38. The molecule has 31 heavy (non-hydrogen) atoms. The molecule has 1 aliphatic rings. The van der Waals surface area contributed by atoms with Gasteiger partial charge in [-0.15, -0.1) is 11.3 Å². The Morgan fingerprint density at radius 3 is 2.42 bits per heavy atom. The summed E-state index contributed by atoms with van der Waals surface area (Å²) in [6.07, 6.45) is 0. The van der Waals surface area contributed by atoms with E-state index >= 15 is 0 Å². The first-order chi connectivity index (χ1) is 15.1. The minimum Gasteiger partial charge on any atom is -0.350 e. The molecule has 3 aromatic carbocycles. The van der Waals surface area contributed by atoms with Crippen LogP contribution in [0.3, 0.4) is 0 Å². The van der Waals surface area contributed by atoms with E-state index in [0.717, 1.165) is 26.9 Å². The molecule has 0 fully saturated rings. The van der Waals surface area contributed by atoms with Crippen molar-refractivity contribution in [3.8, 4) is 0 Å². The van der Waals surface area contributed by atoms with Crippen molar-refractivity contribution >= 4 is 56.8 Å². The maximum atomic E-state index is 13.4. The quantitative estimate of drug-likeness (QED) is 0.387. The molecule has 2 amide bonds. The van der Waals surface area contributed by atoms with Crippen molar-refractivity contribution in [2.75, 3.05) is 5.32 Å². The van der Waals surface area contributed by atoms with Crippen molar-refractivity contribution in [2.45, 2.75) is 6.54 Å². The van der Waals surface area contributed by atoms with Gasteiger partial charge >= 0.3 is 0 Å². The summed E-state index contributed by atoms with van der Waals surface area (Å²) in [5.41, 5.74) is 2.18. The molecule has 0 radical (unpaired) electrons. The van der Waals surface area contributed by atoms with Crippen LogP contribution in [0.25, 0.3) is 16.3 Å². The molecule has 4 nitrogen and oxygen atoms in total. The number of nitrogens with zero attached hydrogens (tertiary/aromatic N) is 1. The Morgan fingerprint density at radius 1 is 0.839 bits per heavy atom. The van der Waals surface area contributed by atoms with Gasteiger partial charge in [0.2, 0.25) is 0 Å². The van der Waals surface area contributed by atoms with Crippen molar-refractivity contribution in [3.63, 3.8) is 0 Å². The molecule has 1 N–H and O–H groups in total. The number of carbonyl (C=O) groups excluding carboxylic acids is 2. The van der Waals surface area contributed by atoms with Crippen LogP contribution in [-0.2, 0) is 16.1 Å². The molecule has 5 rings (SSSR count). The van der Waals surface area contributed by atoms with E-state index in [2.05, 4.69) is 5.32 Å². The van der Waals surface area contributed by atoms with Gasteiger partial charge in [0.1, 0.15) is 5.70 Å². The molecule has 0 unspecified atom stereocenters. The minimum absolute atomic E-state index is 0.118. The molecule has 0 atom stereocenters. The highest BCUT2D eigenvalue weighted by atomic mass is 35.5. The van der Waals surface area contributed by atoms with E-state index in [1.54, 1.807) is 6.07 Å². The van der Waals surface area contributed by atoms with Gasteiger partial charge < -0.3 is 5.32 Å². The molecule has 1 aliphatic heterocycles. The lowest BCUT2D eigenvalue weighted by Crippen LogP contribution is -2.32. The summed E-state index contributed by atoms with van der Waals surface area (Å²) in [5.74, 6) is -0.684. The van der Waals surface area contributed by atoms with Crippen LogP contribution in [0.1, 0.15) is 10.4 Å². The number of hydrogen-bond acceptors (Lipinski definition) is 4. The number of thiophene rings is 1. The second-order valence-corrected chi connectivity index (χ2v) is 8.52. The van der Waals surface area contributed by atoms with Crippen LogP contribution in [0.4, 0.5) is 5.69 Å². The molecule has 0 spiro atoms. The van der Waals surface area contributed by atoms with Gasteiger partial charge in [0.15, 0.2) is 0 Å². The number of fused-ring (bicyclic) bond motifs is 1. The predicted molar refractivity (Wildman–Crippen MR) is 126 cm³/mol. The Balaban J connectivity index is 1.58. The number of nitrogens with one attached hydrogen (secondary N) is 1. The molecule has 0 saturated carbocycles. The zero-order valence-corrected chi connectivity index (χ0v) is 17.9. The molecule has 2 heterocycles. The molecule has 4 aromatic rings. The Hall–Kier alpha value is -3.41. The molecule has 1 aromatic heterocycles. The van der Waals surface area contributed by atoms with Crippen molar-refractivity contribution in [1.29, 1.82) is 0 Å². The predicted octanol–water partition coefficient (Wildman–Crippen LogP) is 5.95. The second-order valence-electron chi connectivity index (χ2n) is 7.17. The monoisotopic (exact) mass is 444 g/mol. The molecular formula is C25H17ClN2O2S. The molecule has 152 valence electrons. The lowest BCUT2D eigenvalue weighted by molar-refractivity contribution is -0.137. The van der Waals surface area contributed by atoms with E-state index in [-0.39, 0.29) is 24.1 Å². The fraction of sp³-hybridized carbons (Fsp3) is 0.0400. The van der Waals surface area contributed by atoms with Gasteiger partial charge in [0, 0.05) is 21.0 Å². The lowest BCUT2D eigenvalue weighted by atomic mass is 10.1. The Morgan fingerprint density at radius 2 is 1.61 bits per heavy atom. The first-order valence-corrected chi connectivity index (χ1v) is 11.0. The summed E-state index contributed by atoms with van der Waals surface area (Å²) < 4.78 is 0. The maximum Gasteiger partial charge on any atom is 0.278 e. The van der Waals surface area contributed by atoms with Crippen LogP contribution in [0.2, 0.25) is 5.02 Å². The molecular weight excluding hydrogens is 428 g/mol. The third kappa shape index (κ3) is 3.52. The van der Waals surface area contributed by atoms with Crippen molar-refractivity contribution < 1.29 is 9.59 Å². The van der Waals surface area contributed by atoms with Crippen LogP contribution in [0, 0.1) is 0 Å². The average molecular weight is 445 g/mol. The molecule has 0 aliphatic carbocycles. The maximum absolute atomic E-state index is 13.4. The number of rotatable bonds is 5. The highest BCUT2D eigenvalue weighted by Gasteiger charge is 2.40. The Bertz CT molecular complexity index is 1340. The number of amides is 2. The summed E-state index contributed by atoms with van der Waals surface area (Å²) in [4.78, 5) is 28.8. The van der Waals surface area contributed by atoms with Gasteiger partial charge in [-0.1, -0.05) is 72.3 Å². The fourth-order valence-electron chi connectivity index (χ4n) is 3.75. The van der Waals surface area contributed by atoms with E-state index in [1.165, 1.54) is 16.2 Å². The second kappa shape index (κ2) is 8.02. The summed E-state index contributed by atoms with van der Waals surface area (Å²) in [6.45, 7) is 0.118. The Kier molecular flexibility index (Phi) is 5.06. The van der Waals surface area contributed by atoms with Gasteiger partial charge in [0.05, 0.1) is 12.1 Å². The van der Waals surface area contributed by atoms with Crippen LogP contribution >= 0.6 is 22.9 Å². The SMILES string of the molecule is O=C1C(Nc2cccc3ccccc23)=C(c2cccs2)C(=O)N1Cc1ccccc1Cl. The smallest absolute Gasteiger partial charge is 0.278 e. The van der Waals surface area contributed by atoms with Crippen LogP contribution in [-0.4, -0.2) is 16.7 Å². The highest BCUT2D eigenvalue weighted by molar-refractivity contribution is 7.11. The van der Waals surface area contributed by atoms with Gasteiger partial charge in [-0.05, 0) is 34.5 Å². The number of anilines is 1. The van der Waals surface area contributed by atoms with Crippen molar-refractivity contribution in [2.24, 2.45) is 0 Å². The molecule has 0 saturated heterocycles. The van der Waals surface area contributed by atoms with Crippen LogP contribution in [0.5, 0.6) is 0 Å². The lowest BCUT2D eigenvalue weighted by Gasteiger charge is -2.16. The third-order valence-electron chi connectivity index (χ3n) is 5.27. The van der Waals surface area contributed by atoms with Crippen LogP contribution < -0.4 is 5.32 Å². The zero-order chi connectivity index (χ0) is 21.4. The summed E-state index contributed by atoms with van der Waals surface area (Å²) in [7, 11) is 0. The van der Waals surface area contributed by atoms with Gasteiger partial charge in [-0.2, -0.15) is 0 Å². The molecule has 6 heteroatoms. The molecule has 0 bridgehead atoms. The van der Waals surface area contributed by atoms with E-state index in [9.17, 15) is 9.59 Å². The normalized spacial score (nSPS) is 14.0. The minimum atomic E-state index is -0.360. The number of hydrogen-bond donors (Lipinski definition) is 1. The number of halogens is 1. The summed E-state index contributed by atoms with van der Waals surface area (Å²) >= 11 is 7.72. The zero-order valence-electron chi connectivity index (χ0n) is 16.3. The first-order valence-electron chi connectivity index (χ1n) is 9.76. The topological polar surface area (TPSA) is 49.4 Å².